The average Bonchev–Trinajstić information content (AvgIpc) is 2.63. The first kappa shape index (κ1) is 14.9. The van der Waals surface area contributed by atoms with Crippen LogP contribution in [0.25, 0.3) is 0 Å². The molecule has 106 valence electrons. The summed E-state index contributed by atoms with van der Waals surface area (Å²) in [5.74, 6) is 0.729. The van der Waals surface area contributed by atoms with Crippen molar-refractivity contribution in [3.05, 3.63) is 28.2 Å². The molecule has 1 aromatic carbocycles. The quantitative estimate of drug-likeness (QED) is 0.802. The van der Waals surface area contributed by atoms with Crippen molar-refractivity contribution in [1.29, 1.82) is 0 Å². The number of halogens is 1. The molecule has 1 aliphatic rings. The molecule has 1 unspecified atom stereocenters. The predicted octanol–water partition coefficient (Wildman–Crippen LogP) is 4.47. The Balaban J connectivity index is 2.04. The molecule has 3 heteroatoms. The van der Waals surface area contributed by atoms with Crippen molar-refractivity contribution in [1.82, 2.24) is 0 Å². The van der Waals surface area contributed by atoms with Crippen LogP contribution in [0.5, 0.6) is 0 Å². The van der Waals surface area contributed by atoms with E-state index < -0.39 is 0 Å². The zero-order chi connectivity index (χ0) is 13.7. The summed E-state index contributed by atoms with van der Waals surface area (Å²) in [6.45, 7) is 2.84. The topological polar surface area (TPSA) is 38.0 Å². The molecule has 0 bridgehead atoms. The number of rotatable bonds is 4. The predicted molar refractivity (Wildman–Crippen MR) is 86.5 cm³/mol. The molecule has 3 N–H and O–H groups in total. The lowest BCUT2D eigenvalue weighted by Gasteiger charge is -2.27. The molecule has 1 saturated carbocycles. The summed E-state index contributed by atoms with van der Waals surface area (Å²) in [5.41, 5.74) is 8.46. The smallest absolute Gasteiger partial charge is 0.0411 e. The zero-order valence-electron chi connectivity index (χ0n) is 11.8. The second-order valence-electron chi connectivity index (χ2n) is 5.76. The lowest BCUT2D eigenvalue weighted by atomic mass is 9.91. The summed E-state index contributed by atoms with van der Waals surface area (Å²) in [6, 6.07) is 6.89. The van der Waals surface area contributed by atoms with E-state index in [2.05, 4.69) is 46.4 Å². The number of nitrogens with one attached hydrogen (secondary N) is 1. The first-order valence-electron chi connectivity index (χ1n) is 7.43. The molecule has 0 aromatic heterocycles. The van der Waals surface area contributed by atoms with Crippen LogP contribution in [-0.2, 0) is 0 Å². The van der Waals surface area contributed by atoms with Crippen LogP contribution in [-0.4, -0.2) is 12.6 Å². The van der Waals surface area contributed by atoms with Gasteiger partial charge >= 0.3 is 0 Å². The first-order valence-corrected chi connectivity index (χ1v) is 8.22. The minimum Gasteiger partial charge on any atom is -0.381 e. The molecule has 19 heavy (non-hydrogen) atoms. The van der Waals surface area contributed by atoms with Crippen molar-refractivity contribution in [3.63, 3.8) is 0 Å². The highest BCUT2D eigenvalue weighted by atomic mass is 79.9. The van der Waals surface area contributed by atoms with Gasteiger partial charge in [0, 0.05) is 22.7 Å². The van der Waals surface area contributed by atoms with E-state index in [1.54, 1.807) is 0 Å². The van der Waals surface area contributed by atoms with Crippen LogP contribution >= 0.6 is 15.9 Å². The minimum atomic E-state index is 0.409. The Bertz CT molecular complexity index is 377. The van der Waals surface area contributed by atoms with Crippen LogP contribution < -0.4 is 11.1 Å². The van der Waals surface area contributed by atoms with Gasteiger partial charge in [0.15, 0.2) is 0 Å². The summed E-state index contributed by atoms with van der Waals surface area (Å²) >= 11 is 3.56. The number of aryl methyl sites for hydroxylation is 1. The standard InChI is InChI=1S/C16H25BrN2/c1-12-8-14(17)10-15(9-12)19-16(11-18)13-6-4-2-3-5-7-13/h8-10,13,16,19H,2-7,11,18H2,1H3. The Hall–Kier alpha value is -0.540. The molecule has 0 heterocycles. The van der Waals surface area contributed by atoms with Crippen LogP contribution in [0, 0.1) is 12.8 Å². The largest absolute Gasteiger partial charge is 0.381 e. The fourth-order valence-corrected chi connectivity index (χ4v) is 3.72. The third kappa shape index (κ3) is 4.50. The average molecular weight is 325 g/mol. The van der Waals surface area contributed by atoms with E-state index >= 15 is 0 Å². The van der Waals surface area contributed by atoms with Gasteiger partial charge in [-0.15, -0.1) is 0 Å². The maximum absolute atomic E-state index is 6.00. The summed E-state index contributed by atoms with van der Waals surface area (Å²) in [4.78, 5) is 0. The van der Waals surface area contributed by atoms with E-state index in [1.807, 2.05) is 0 Å². The van der Waals surface area contributed by atoms with Gasteiger partial charge in [0.05, 0.1) is 0 Å². The Morgan fingerprint density at radius 3 is 2.47 bits per heavy atom. The molecule has 2 nitrogen and oxygen atoms in total. The fraction of sp³-hybridized carbons (Fsp3) is 0.625. The summed E-state index contributed by atoms with van der Waals surface area (Å²) in [5, 5.41) is 3.65. The van der Waals surface area contributed by atoms with Crippen LogP contribution in [0.1, 0.15) is 44.1 Å². The molecule has 0 radical (unpaired) electrons. The van der Waals surface area contributed by atoms with E-state index in [4.69, 9.17) is 5.73 Å². The maximum atomic E-state index is 6.00. The van der Waals surface area contributed by atoms with Gasteiger partial charge in [-0.2, -0.15) is 0 Å². The van der Waals surface area contributed by atoms with Gasteiger partial charge in [-0.3, -0.25) is 0 Å². The third-order valence-corrected chi connectivity index (χ3v) is 4.57. The maximum Gasteiger partial charge on any atom is 0.0411 e. The number of hydrogen-bond donors (Lipinski definition) is 2. The summed E-state index contributed by atoms with van der Waals surface area (Å²) in [7, 11) is 0. The van der Waals surface area contributed by atoms with Crippen molar-refractivity contribution in [3.8, 4) is 0 Å². The Morgan fingerprint density at radius 2 is 1.89 bits per heavy atom. The van der Waals surface area contributed by atoms with E-state index in [9.17, 15) is 0 Å². The summed E-state index contributed by atoms with van der Waals surface area (Å²) < 4.78 is 1.13. The molecule has 2 rings (SSSR count). The number of nitrogens with two attached hydrogens (primary N) is 1. The van der Waals surface area contributed by atoms with Crippen molar-refractivity contribution in [2.75, 3.05) is 11.9 Å². The molecule has 0 saturated heterocycles. The molecule has 1 fully saturated rings. The van der Waals surface area contributed by atoms with Crippen LogP contribution in [0.4, 0.5) is 5.69 Å². The SMILES string of the molecule is Cc1cc(Br)cc(NC(CN)C2CCCCCC2)c1. The monoisotopic (exact) mass is 324 g/mol. The fourth-order valence-electron chi connectivity index (χ4n) is 3.12. The number of hydrogen-bond acceptors (Lipinski definition) is 2. The van der Waals surface area contributed by atoms with E-state index in [1.165, 1.54) is 49.8 Å². The molecular formula is C16H25BrN2. The Kier molecular flexibility index (Phi) is 5.71. The van der Waals surface area contributed by atoms with Crippen LogP contribution in [0.3, 0.4) is 0 Å². The highest BCUT2D eigenvalue weighted by molar-refractivity contribution is 9.10. The molecule has 1 aliphatic carbocycles. The van der Waals surface area contributed by atoms with Crippen LogP contribution in [0.2, 0.25) is 0 Å². The van der Waals surface area contributed by atoms with Crippen molar-refractivity contribution in [2.24, 2.45) is 11.7 Å². The molecule has 1 atom stereocenters. The molecular weight excluding hydrogens is 300 g/mol. The molecule has 1 aromatic rings. The van der Waals surface area contributed by atoms with Gasteiger partial charge in [0.25, 0.3) is 0 Å². The minimum absolute atomic E-state index is 0.409. The van der Waals surface area contributed by atoms with Gasteiger partial charge < -0.3 is 11.1 Å². The van der Waals surface area contributed by atoms with E-state index in [0.717, 1.165) is 16.9 Å². The van der Waals surface area contributed by atoms with Crippen molar-refractivity contribution in [2.45, 2.75) is 51.5 Å². The van der Waals surface area contributed by atoms with E-state index in [0.29, 0.717) is 6.04 Å². The van der Waals surface area contributed by atoms with E-state index in [-0.39, 0.29) is 0 Å². The first-order chi connectivity index (χ1) is 9.19. The molecule has 0 aliphatic heterocycles. The van der Waals surface area contributed by atoms with Crippen molar-refractivity contribution >= 4 is 21.6 Å². The van der Waals surface area contributed by atoms with Gasteiger partial charge in [0.2, 0.25) is 0 Å². The second kappa shape index (κ2) is 7.30. The van der Waals surface area contributed by atoms with Crippen LogP contribution in [0.15, 0.2) is 22.7 Å². The Morgan fingerprint density at radius 1 is 1.21 bits per heavy atom. The van der Waals surface area contributed by atoms with Crippen molar-refractivity contribution < 1.29 is 0 Å². The number of anilines is 1. The molecule has 0 amide bonds. The second-order valence-corrected chi connectivity index (χ2v) is 6.67. The lowest BCUT2D eigenvalue weighted by molar-refractivity contribution is 0.398. The zero-order valence-corrected chi connectivity index (χ0v) is 13.4. The normalized spacial score (nSPS) is 18.9. The third-order valence-electron chi connectivity index (χ3n) is 4.12. The number of benzene rings is 1. The molecule has 0 spiro atoms. The Labute approximate surface area is 125 Å². The highest BCUT2D eigenvalue weighted by Gasteiger charge is 2.21. The summed E-state index contributed by atoms with van der Waals surface area (Å²) in [6.07, 6.45) is 8.15. The highest BCUT2D eigenvalue weighted by Crippen LogP contribution is 2.28. The lowest BCUT2D eigenvalue weighted by Crippen LogP contribution is -2.36. The van der Waals surface area contributed by atoms with Gasteiger partial charge in [-0.05, 0) is 49.4 Å². The van der Waals surface area contributed by atoms with Gasteiger partial charge in [-0.1, -0.05) is 41.6 Å². The van der Waals surface area contributed by atoms with Gasteiger partial charge in [-0.25, -0.2) is 0 Å². The van der Waals surface area contributed by atoms with Gasteiger partial charge in [0.1, 0.15) is 0 Å².